The Bertz CT molecular complexity index is 845. The third kappa shape index (κ3) is 5.63. The van der Waals surface area contributed by atoms with E-state index in [1.807, 2.05) is 24.9 Å². The molecule has 0 radical (unpaired) electrons. The van der Waals surface area contributed by atoms with Crippen molar-refractivity contribution in [1.82, 2.24) is 10.2 Å². The van der Waals surface area contributed by atoms with E-state index in [0.29, 0.717) is 6.54 Å². The van der Waals surface area contributed by atoms with Gasteiger partial charge in [-0.2, -0.15) is 0 Å². The summed E-state index contributed by atoms with van der Waals surface area (Å²) in [6.07, 6.45) is 1.00. The number of hydrogen-bond donors (Lipinski definition) is 2. The van der Waals surface area contributed by atoms with Gasteiger partial charge in [0.25, 0.3) is 0 Å². The van der Waals surface area contributed by atoms with Gasteiger partial charge < -0.3 is 5.32 Å². The van der Waals surface area contributed by atoms with Gasteiger partial charge in [-0.15, -0.1) is 11.3 Å². The molecule has 26 heavy (non-hydrogen) atoms. The molecule has 0 fully saturated rings. The number of primary sulfonamides is 1. The molecule has 1 aromatic carbocycles. The Hall–Kier alpha value is -1.74. The van der Waals surface area contributed by atoms with Gasteiger partial charge in [0.2, 0.25) is 15.9 Å². The summed E-state index contributed by atoms with van der Waals surface area (Å²) in [7, 11) is -1.84. The molecule has 1 unspecified atom stereocenters. The number of nitrogens with one attached hydrogen (secondary N) is 1. The SMILES string of the molecule is CCc1ccc(CNC(=O)CN(C)C(C)c2ccc(S(N)(=O)=O)cc2)s1. The lowest BCUT2D eigenvalue weighted by Crippen LogP contribution is -2.36. The third-order valence-electron chi connectivity index (χ3n) is 4.27. The van der Waals surface area contributed by atoms with Gasteiger partial charge in [-0.1, -0.05) is 19.1 Å². The lowest BCUT2D eigenvalue weighted by atomic mass is 10.1. The van der Waals surface area contributed by atoms with Gasteiger partial charge in [0.15, 0.2) is 0 Å². The number of nitrogens with zero attached hydrogens (tertiary/aromatic N) is 1. The molecule has 1 atom stereocenters. The normalized spacial score (nSPS) is 13.0. The molecule has 0 spiro atoms. The van der Waals surface area contributed by atoms with Crippen molar-refractivity contribution in [2.45, 2.75) is 37.8 Å². The zero-order valence-electron chi connectivity index (χ0n) is 15.2. The Kier molecular flexibility index (Phi) is 6.94. The Balaban J connectivity index is 1.89. The molecule has 2 aromatic rings. The van der Waals surface area contributed by atoms with Crippen molar-refractivity contribution in [2.75, 3.05) is 13.6 Å². The topological polar surface area (TPSA) is 92.5 Å². The molecule has 0 aliphatic heterocycles. The largest absolute Gasteiger partial charge is 0.350 e. The summed E-state index contributed by atoms with van der Waals surface area (Å²) in [6.45, 7) is 4.87. The molecule has 1 aromatic heterocycles. The molecular weight excluding hydrogens is 370 g/mol. The van der Waals surface area contributed by atoms with Crippen molar-refractivity contribution >= 4 is 27.3 Å². The number of benzene rings is 1. The van der Waals surface area contributed by atoms with E-state index in [0.717, 1.165) is 16.9 Å². The zero-order valence-corrected chi connectivity index (χ0v) is 16.9. The molecule has 0 aliphatic rings. The van der Waals surface area contributed by atoms with Crippen molar-refractivity contribution in [3.63, 3.8) is 0 Å². The molecule has 3 N–H and O–H groups in total. The fourth-order valence-electron chi connectivity index (χ4n) is 2.50. The molecule has 0 aliphatic carbocycles. The molecule has 0 bridgehead atoms. The predicted octanol–water partition coefficient (Wildman–Crippen LogP) is 2.27. The summed E-state index contributed by atoms with van der Waals surface area (Å²) < 4.78 is 22.6. The third-order valence-corrected chi connectivity index (χ3v) is 6.43. The van der Waals surface area contributed by atoms with Crippen molar-refractivity contribution in [2.24, 2.45) is 5.14 Å². The second-order valence-electron chi connectivity index (χ2n) is 6.20. The van der Waals surface area contributed by atoms with Crippen LogP contribution in [0.5, 0.6) is 0 Å². The molecule has 1 amide bonds. The minimum atomic E-state index is -3.70. The molecule has 142 valence electrons. The van der Waals surface area contributed by atoms with Crippen LogP contribution in [0.4, 0.5) is 0 Å². The average Bonchev–Trinajstić information content (AvgIpc) is 3.06. The van der Waals surface area contributed by atoms with Crippen LogP contribution in [0.15, 0.2) is 41.3 Å². The monoisotopic (exact) mass is 395 g/mol. The first-order valence-electron chi connectivity index (χ1n) is 8.38. The number of carbonyl (C=O) groups is 1. The number of likely N-dealkylation sites (N-methyl/N-ethyl adjacent to an activating group) is 1. The van der Waals surface area contributed by atoms with Crippen molar-refractivity contribution in [3.8, 4) is 0 Å². The van der Waals surface area contributed by atoms with Crippen LogP contribution in [0.3, 0.4) is 0 Å². The minimum absolute atomic E-state index is 0.0382. The number of nitrogens with two attached hydrogens (primary N) is 1. The van der Waals surface area contributed by atoms with E-state index >= 15 is 0 Å². The number of amides is 1. The summed E-state index contributed by atoms with van der Waals surface area (Å²) in [5, 5.41) is 8.05. The lowest BCUT2D eigenvalue weighted by Gasteiger charge is -2.24. The highest BCUT2D eigenvalue weighted by Gasteiger charge is 2.16. The fourth-order valence-corrected chi connectivity index (χ4v) is 3.92. The molecule has 8 heteroatoms. The Morgan fingerprint density at radius 2 is 1.81 bits per heavy atom. The van der Waals surface area contributed by atoms with Crippen LogP contribution in [0.25, 0.3) is 0 Å². The van der Waals surface area contributed by atoms with Crippen molar-refractivity contribution in [1.29, 1.82) is 0 Å². The Morgan fingerprint density at radius 1 is 1.19 bits per heavy atom. The van der Waals surface area contributed by atoms with Crippen LogP contribution in [-0.4, -0.2) is 32.8 Å². The molecule has 1 heterocycles. The predicted molar refractivity (Wildman–Crippen MR) is 104 cm³/mol. The van der Waals surface area contributed by atoms with Gasteiger partial charge in [-0.05, 0) is 50.2 Å². The van der Waals surface area contributed by atoms with Crippen LogP contribution in [0.1, 0.15) is 35.2 Å². The van der Waals surface area contributed by atoms with Crippen LogP contribution in [-0.2, 0) is 27.8 Å². The van der Waals surface area contributed by atoms with Gasteiger partial charge in [-0.3, -0.25) is 9.69 Å². The number of rotatable bonds is 8. The van der Waals surface area contributed by atoms with Crippen LogP contribution >= 0.6 is 11.3 Å². The van der Waals surface area contributed by atoms with Crippen molar-refractivity contribution in [3.05, 3.63) is 51.7 Å². The molecule has 2 rings (SSSR count). The van der Waals surface area contributed by atoms with E-state index in [2.05, 4.69) is 18.3 Å². The second kappa shape index (κ2) is 8.77. The van der Waals surface area contributed by atoms with Gasteiger partial charge >= 0.3 is 0 Å². The van der Waals surface area contributed by atoms with Gasteiger partial charge in [0.05, 0.1) is 18.0 Å². The van der Waals surface area contributed by atoms with Gasteiger partial charge in [-0.25, -0.2) is 13.6 Å². The standard InChI is InChI=1S/C18H25N3O3S2/c1-4-15-7-8-16(25-15)11-20-18(22)12-21(3)13(2)14-5-9-17(10-6-14)26(19,23)24/h5-10,13H,4,11-12H2,1-3H3,(H,20,22)(H2,19,23,24). The fraction of sp³-hybridized carbons (Fsp3) is 0.389. The summed E-state index contributed by atoms with van der Waals surface area (Å²) in [5.74, 6) is -0.0491. The number of hydrogen-bond acceptors (Lipinski definition) is 5. The molecular formula is C18H25N3O3S2. The average molecular weight is 396 g/mol. The zero-order chi connectivity index (χ0) is 19.3. The Morgan fingerprint density at radius 3 is 2.35 bits per heavy atom. The van der Waals surface area contributed by atoms with Gasteiger partial charge in [0.1, 0.15) is 0 Å². The summed E-state index contributed by atoms with van der Waals surface area (Å²) in [4.78, 5) is 16.6. The highest BCUT2D eigenvalue weighted by atomic mass is 32.2. The lowest BCUT2D eigenvalue weighted by molar-refractivity contribution is -0.122. The van der Waals surface area contributed by atoms with Crippen LogP contribution in [0.2, 0.25) is 0 Å². The maximum absolute atomic E-state index is 12.2. The van der Waals surface area contributed by atoms with E-state index in [1.165, 1.54) is 17.0 Å². The summed E-state index contributed by atoms with van der Waals surface area (Å²) in [5.41, 5.74) is 0.915. The maximum atomic E-state index is 12.2. The number of aryl methyl sites for hydroxylation is 1. The van der Waals surface area contributed by atoms with Crippen molar-refractivity contribution < 1.29 is 13.2 Å². The van der Waals surface area contributed by atoms with E-state index in [9.17, 15) is 13.2 Å². The van der Waals surface area contributed by atoms with E-state index in [1.54, 1.807) is 23.5 Å². The quantitative estimate of drug-likeness (QED) is 0.717. The van der Waals surface area contributed by atoms with Crippen LogP contribution in [0, 0.1) is 0 Å². The number of sulfonamides is 1. The van der Waals surface area contributed by atoms with Gasteiger partial charge in [0, 0.05) is 15.8 Å². The van der Waals surface area contributed by atoms with Crippen LogP contribution < -0.4 is 10.5 Å². The summed E-state index contributed by atoms with van der Waals surface area (Å²) >= 11 is 1.71. The van der Waals surface area contributed by atoms with E-state index < -0.39 is 10.0 Å². The smallest absolute Gasteiger partial charge is 0.238 e. The molecule has 0 saturated carbocycles. The molecule has 0 saturated heterocycles. The van der Waals surface area contributed by atoms with E-state index in [4.69, 9.17) is 5.14 Å². The second-order valence-corrected chi connectivity index (χ2v) is 9.02. The number of thiophene rings is 1. The Labute approximate surface area is 159 Å². The van der Waals surface area contributed by atoms with E-state index in [-0.39, 0.29) is 23.4 Å². The number of carbonyl (C=O) groups excluding carboxylic acids is 1. The highest BCUT2D eigenvalue weighted by Crippen LogP contribution is 2.20. The molecule has 6 nitrogen and oxygen atoms in total. The highest BCUT2D eigenvalue weighted by molar-refractivity contribution is 7.89. The first kappa shape index (κ1) is 20.6. The first-order chi connectivity index (χ1) is 12.2. The first-order valence-corrected chi connectivity index (χ1v) is 10.7. The summed E-state index contributed by atoms with van der Waals surface area (Å²) in [6, 6.07) is 10.5. The maximum Gasteiger partial charge on any atom is 0.238 e. The minimum Gasteiger partial charge on any atom is -0.350 e.